The Hall–Kier alpha value is -2.92. The molecule has 0 saturated heterocycles. The van der Waals surface area contributed by atoms with Crippen LogP contribution in [0.15, 0.2) is 65.6 Å². The van der Waals surface area contributed by atoms with Crippen LogP contribution in [-0.4, -0.2) is 15.7 Å². The number of amides is 1. The lowest BCUT2D eigenvalue weighted by molar-refractivity contribution is 0.101. The smallest absolute Gasteiger partial charge is 0.280 e. The molecule has 0 aliphatic carbocycles. The summed E-state index contributed by atoms with van der Waals surface area (Å²) in [4.78, 5) is 24.4. The Morgan fingerprint density at radius 2 is 1.76 bits per heavy atom. The predicted octanol–water partition coefficient (Wildman–Crippen LogP) is 3.70. The SMILES string of the molecule is CCc1ccc(-n2ccc(=O)c(C(=O)Nc3ccc(Cl)cc3)n2)cc1. The van der Waals surface area contributed by atoms with Crippen molar-refractivity contribution in [2.75, 3.05) is 5.32 Å². The van der Waals surface area contributed by atoms with E-state index in [0.29, 0.717) is 10.7 Å². The molecule has 3 rings (SSSR count). The van der Waals surface area contributed by atoms with Crippen LogP contribution in [0.5, 0.6) is 0 Å². The Kier molecular flexibility index (Phi) is 4.95. The highest BCUT2D eigenvalue weighted by molar-refractivity contribution is 6.30. The predicted molar refractivity (Wildman–Crippen MR) is 98.6 cm³/mol. The second kappa shape index (κ2) is 7.32. The fourth-order valence-corrected chi connectivity index (χ4v) is 2.44. The van der Waals surface area contributed by atoms with E-state index in [2.05, 4.69) is 17.3 Å². The Morgan fingerprint density at radius 3 is 2.40 bits per heavy atom. The lowest BCUT2D eigenvalue weighted by Gasteiger charge is -2.09. The van der Waals surface area contributed by atoms with Crippen LogP contribution in [0.1, 0.15) is 23.0 Å². The second-order valence-corrected chi connectivity index (χ2v) is 5.89. The van der Waals surface area contributed by atoms with E-state index in [9.17, 15) is 9.59 Å². The minimum absolute atomic E-state index is 0.169. The summed E-state index contributed by atoms with van der Waals surface area (Å²) in [5, 5.41) is 7.39. The fourth-order valence-electron chi connectivity index (χ4n) is 2.32. The first kappa shape index (κ1) is 16.9. The maximum atomic E-state index is 12.4. The number of hydrogen-bond donors (Lipinski definition) is 1. The molecule has 0 saturated carbocycles. The number of rotatable bonds is 4. The van der Waals surface area contributed by atoms with Crippen molar-refractivity contribution in [3.8, 4) is 5.69 Å². The van der Waals surface area contributed by atoms with Gasteiger partial charge in [0.15, 0.2) is 5.69 Å². The van der Waals surface area contributed by atoms with Crippen LogP contribution in [0.4, 0.5) is 5.69 Å². The summed E-state index contributed by atoms with van der Waals surface area (Å²) >= 11 is 5.82. The molecule has 5 nitrogen and oxygen atoms in total. The largest absolute Gasteiger partial charge is 0.320 e. The van der Waals surface area contributed by atoms with Gasteiger partial charge in [0, 0.05) is 23.0 Å². The van der Waals surface area contributed by atoms with Gasteiger partial charge in [0.25, 0.3) is 5.91 Å². The molecule has 1 aromatic heterocycles. The molecule has 25 heavy (non-hydrogen) atoms. The number of benzene rings is 2. The van der Waals surface area contributed by atoms with Gasteiger partial charge in [-0.25, -0.2) is 4.68 Å². The molecule has 0 fully saturated rings. The molecule has 6 heteroatoms. The van der Waals surface area contributed by atoms with Gasteiger partial charge in [-0.2, -0.15) is 5.10 Å². The third kappa shape index (κ3) is 3.95. The molecule has 1 heterocycles. The van der Waals surface area contributed by atoms with Crippen molar-refractivity contribution in [2.45, 2.75) is 13.3 Å². The average molecular weight is 354 g/mol. The molecule has 0 unspecified atom stereocenters. The van der Waals surface area contributed by atoms with Crippen molar-refractivity contribution in [2.24, 2.45) is 0 Å². The molecule has 2 aromatic carbocycles. The summed E-state index contributed by atoms with van der Waals surface area (Å²) in [6.07, 6.45) is 2.48. The lowest BCUT2D eigenvalue weighted by Crippen LogP contribution is -2.25. The summed E-state index contributed by atoms with van der Waals surface area (Å²) in [6, 6.07) is 15.7. The number of aromatic nitrogens is 2. The molecular formula is C19H16ClN3O2. The number of aryl methyl sites for hydroxylation is 1. The van der Waals surface area contributed by atoms with Gasteiger partial charge in [-0.05, 0) is 48.4 Å². The zero-order valence-corrected chi connectivity index (χ0v) is 14.3. The monoisotopic (exact) mass is 353 g/mol. The van der Waals surface area contributed by atoms with E-state index >= 15 is 0 Å². The van der Waals surface area contributed by atoms with Crippen LogP contribution < -0.4 is 10.7 Å². The number of carbonyl (C=O) groups is 1. The van der Waals surface area contributed by atoms with Crippen molar-refractivity contribution in [1.29, 1.82) is 0 Å². The van der Waals surface area contributed by atoms with Crippen molar-refractivity contribution in [3.63, 3.8) is 0 Å². The topological polar surface area (TPSA) is 64.0 Å². The molecule has 1 N–H and O–H groups in total. The van der Waals surface area contributed by atoms with Crippen molar-refractivity contribution in [3.05, 3.63) is 87.3 Å². The maximum absolute atomic E-state index is 12.4. The molecule has 126 valence electrons. The van der Waals surface area contributed by atoms with Crippen molar-refractivity contribution < 1.29 is 4.79 Å². The van der Waals surface area contributed by atoms with E-state index in [1.54, 1.807) is 30.5 Å². The molecule has 0 radical (unpaired) electrons. The third-order valence-corrected chi connectivity index (χ3v) is 3.99. The number of carbonyl (C=O) groups excluding carboxylic acids is 1. The highest BCUT2D eigenvalue weighted by Gasteiger charge is 2.13. The highest BCUT2D eigenvalue weighted by Crippen LogP contribution is 2.14. The zero-order valence-electron chi connectivity index (χ0n) is 13.6. The average Bonchev–Trinajstić information content (AvgIpc) is 2.64. The van der Waals surface area contributed by atoms with Crippen molar-refractivity contribution in [1.82, 2.24) is 9.78 Å². The molecule has 1 amide bonds. The van der Waals surface area contributed by atoms with Gasteiger partial charge in [0.05, 0.1) is 5.69 Å². The fraction of sp³-hybridized carbons (Fsp3) is 0.105. The zero-order chi connectivity index (χ0) is 17.8. The maximum Gasteiger partial charge on any atom is 0.280 e. The van der Waals surface area contributed by atoms with Gasteiger partial charge in [0.1, 0.15) is 0 Å². The van der Waals surface area contributed by atoms with E-state index in [1.165, 1.54) is 16.3 Å². The molecule has 0 bridgehead atoms. The number of nitrogens with one attached hydrogen (secondary N) is 1. The van der Waals surface area contributed by atoms with Gasteiger partial charge in [-0.15, -0.1) is 0 Å². The first-order valence-electron chi connectivity index (χ1n) is 7.83. The van der Waals surface area contributed by atoms with Crippen LogP contribution in [0.25, 0.3) is 5.69 Å². The Morgan fingerprint density at radius 1 is 1.08 bits per heavy atom. The van der Waals surface area contributed by atoms with Crippen molar-refractivity contribution >= 4 is 23.2 Å². The molecule has 3 aromatic rings. The minimum atomic E-state index is -0.563. The van der Waals surface area contributed by atoms with Gasteiger partial charge in [-0.3, -0.25) is 9.59 Å². The Balaban J connectivity index is 1.89. The minimum Gasteiger partial charge on any atom is -0.320 e. The van der Waals surface area contributed by atoms with Gasteiger partial charge >= 0.3 is 0 Å². The summed E-state index contributed by atoms with van der Waals surface area (Å²) in [6.45, 7) is 2.08. The molecule has 0 spiro atoms. The first-order chi connectivity index (χ1) is 12.1. The molecule has 0 aliphatic rings. The summed E-state index contributed by atoms with van der Waals surface area (Å²) in [5.74, 6) is -0.563. The van der Waals surface area contributed by atoms with E-state index < -0.39 is 11.3 Å². The first-order valence-corrected chi connectivity index (χ1v) is 8.21. The van der Waals surface area contributed by atoms with E-state index in [4.69, 9.17) is 11.6 Å². The number of anilines is 1. The van der Waals surface area contributed by atoms with Gasteiger partial charge in [-0.1, -0.05) is 30.7 Å². The van der Waals surface area contributed by atoms with Gasteiger partial charge in [0.2, 0.25) is 5.43 Å². The summed E-state index contributed by atoms with van der Waals surface area (Å²) in [5.41, 5.74) is 1.91. The normalized spacial score (nSPS) is 10.5. The number of nitrogens with zero attached hydrogens (tertiary/aromatic N) is 2. The van der Waals surface area contributed by atoms with Crippen LogP contribution in [0.3, 0.4) is 0 Å². The second-order valence-electron chi connectivity index (χ2n) is 5.45. The van der Waals surface area contributed by atoms with E-state index in [1.807, 2.05) is 24.3 Å². The standard InChI is InChI=1S/C19H16ClN3O2/c1-2-13-3-9-16(10-4-13)23-12-11-17(24)18(22-23)19(25)21-15-7-5-14(20)6-8-15/h3-12H,2H2,1H3,(H,21,25). The summed E-state index contributed by atoms with van der Waals surface area (Å²) < 4.78 is 1.51. The molecular weight excluding hydrogens is 338 g/mol. The highest BCUT2D eigenvalue weighted by atomic mass is 35.5. The van der Waals surface area contributed by atoms with E-state index in [-0.39, 0.29) is 5.69 Å². The Bertz CT molecular complexity index is 948. The summed E-state index contributed by atoms with van der Waals surface area (Å²) in [7, 11) is 0. The van der Waals surface area contributed by atoms with Crippen LogP contribution in [-0.2, 0) is 6.42 Å². The quantitative estimate of drug-likeness (QED) is 0.777. The van der Waals surface area contributed by atoms with Crippen LogP contribution in [0.2, 0.25) is 5.02 Å². The molecule has 0 atom stereocenters. The third-order valence-electron chi connectivity index (χ3n) is 3.73. The number of hydrogen-bond acceptors (Lipinski definition) is 3. The molecule has 0 aliphatic heterocycles. The van der Waals surface area contributed by atoms with Crippen LogP contribution >= 0.6 is 11.6 Å². The number of halogens is 1. The lowest BCUT2D eigenvalue weighted by atomic mass is 10.1. The van der Waals surface area contributed by atoms with E-state index in [0.717, 1.165) is 12.1 Å². The van der Waals surface area contributed by atoms with Crippen LogP contribution in [0, 0.1) is 0 Å². The van der Waals surface area contributed by atoms with Gasteiger partial charge < -0.3 is 5.32 Å². The Labute approximate surface area is 149 Å².